The molecule has 1 fully saturated rings. The molecule has 1 heterocycles. The van der Waals surface area contributed by atoms with Crippen molar-refractivity contribution in [2.45, 2.75) is 6.10 Å². The minimum atomic E-state index is 0.353. The van der Waals surface area contributed by atoms with Gasteiger partial charge in [0, 0.05) is 26.4 Å². The molecule has 68 valence electrons. The average Bonchev–Trinajstić information content (AvgIpc) is 1.99. The quantitative estimate of drug-likeness (QED) is 0.427. The molecule has 0 aromatic carbocycles. The Kier molecular flexibility index (Phi) is 3.10. The maximum absolute atomic E-state index is 5.74. The van der Waals surface area contributed by atoms with E-state index >= 15 is 0 Å². The van der Waals surface area contributed by atoms with Crippen LogP contribution in [0.3, 0.4) is 0 Å². The lowest BCUT2D eigenvalue weighted by atomic mass is 10.2. The van der Waals surface area contributed by atoms with Gasteiger partial charge in [-0.15, -0.1) is 0 Å². The van der Waals surface area contributed by atoms with Crippen molar-refractivity contribution in [3.05, 3.63) is 12.3 Å². The standard InChI is InChI=1S/C8H15N3O/c1-10-4-3-8(9)11-5-7(6-11)12-2/h3-4,7H,5-6H2,1-2H3,(H2,9,10)/p+1. The molecule has 0 radical (unpaired) electrons. The van der Waals surface area contributed by atoms with Crippen molar-refractivity contribution in [2.75, 3.05) is 27.2 Å². The van der Waals surface area contributed by atoms with Gasteiger partial charge in [-0.1, -0.05) is 0 Å². The van der Waals surface area contributed by atoms with E-state index in [2.05, 4.69) is 9.89 Å². The summed E-state index contributed by atoms with van der Waals surface area (Å²) in [6, 6.07) is 0. The molecule has 0 spiro atoms. The fourth-order valence-corrected chi connectivity index (χ4v) is 1.07. The molecule has 0 amide bonds. The maximum Gasteiger partial charge on any atom is 0.269 e. The number of methoxy groups -OCH3 is 1. The van der Waals surface area contributed by atoms with Gasteiger partial charge in [0.1, 0.15) is 19.2 Å². The zero-order valence-electron chi connectivity index (χ0n) is 7.58. The Hall–Kier alpha value is -1.03. The van der Waals surface area contributed by atoms with Crippen LogP contribution in [0.2, 0.25) is 0 Å². The predicted octanol–water partition coefficient (Wildman–Crippen LogP) is -0.882. The number of nitrogens with zero attached hydrogens (tertiary/aromatic N) is 1. The lowest BCUT2D eigenvalue weighted by molar-refractivity contribution is -0.608. The van der Waals surface area contributed by atoms with Crippen LogP contribution in [0.1, 0.15) is 0 Å². The van der Waals surface area contributed by atoms with Gasteiger partial charge in [-0.25, -0.2) is 0 Å². The number of nitrogens with two attached hydrogens (primary N) is 1. The predicted molar refractivity (Wildman–Crippen MR) is 48.2 cm³/mol. The Morgan fingerprint density at radius 3 is 2.83 bits per heavy atom. The Labute approximate surface area is 72.7 Å². The molecule has 12 heavy (non-hydrogen) atoms. The van der Waals surface area contributed by atoms with Crippen molar-refractivity contribution < 1.29 is 9.31 Å². The third-order valence-corrected chi connectivity index (χ3v) is 1.97. The number of hydrogen-bond donors (Lipinski definition) is 2. The zero-order valence-corrected chi connectivity index (χ0v) is 7.58. The molecule has 1 aliphatic rings. The van der Waals surface area contributed by atoms with Crippen molar-refractivity contribution >= 4 is 5.84 Å². The van der Waals surface area contributed by atoms with Gasteiger partial charge in [-0.3, -0.25) is 10.3 Å². The Bertz CT molecular complexity index is 202. The van der Waals surface area contributed by atoms with Gasteiger partial charge in [0.05, 0.1) is 0 Å². The second-order valence-electron chi connectivity index (χ2n) is 2.81. The van der Waals surface area contributed by atoms with Crippen molar-refractivity contribution in [3.63, 3.8) is 0 Å². The molecule has 0 aliphatic carbocycles. The fraction of sp³-hybridized carbons (Fsp3) is 0.625. The van der Waals surface area contributed by atoms with Crippen LogP contribution in [-0.4, -0.2) is 43.8 Å². The Balaban J connectivity index is 2.41. The summed E-state index contributed by atoms with van der Waals surface area (Å²) in [5, 5.41) is 2.89. The molecule has 0 aromatic heterocycles. The van der Waals surface area contributed by atoms with E-state index in [-0.39, 0.29) is 0 Å². The third kappa shape index (κ3) is 1.98. The normalized spacial score (nSPS) is 22.5. The number of rotatable bonds is 3. The summed E-state index contributed by atoms with van der Waals surface area (Å²) in [5.41, 5.74) is 5.74. The SMILES string of the molecule is CN/C=C\C(N)=[N+]1CC(OC)C1. The largest absolute Gasteiger partial charge is 0.394 e. The number of nitrogens with one attached hydrogen (secondary N) is 1. The summed E-state index contributed by atoms with van der Waals surface area (Å²) in [4.78, 5) is 0. The molecule has 1 aliphatic heterocycles. The van der Waals surface area contributed by atoms with Gasteiger partial charge in [0.25, 0.3) is 5.84 Å². The summed E-state index contributed by atoms with van der Waals surface area (Å²) < 4.78 is 7.19. The van der Waals surface area contributed by atoms with Gasteiger partial charge in [0.2, 0.25) is 0 Å². The molecule has 0 bridgehead atoms. The van der Waals surface area contributed by atoms with Gasteiger partial charge in [0.15, 0.2) is 0 Å². The summed E-state index contributed by atoms with van der Waals surface area (Å²) in [5.74, 6) is 0.789. The highest BCUT2D eigenvalue weighted by molar-refractivity contribution is 5.87. The third-order valence-electron chi connectivity index (χ3n) is 1.97. The van der Waals surface area contributed by atoms with E-state index in [4.69, 9.17) is 10.5 Å². The maximum atomic E-state index is 5.74. The zero-order chi connectivity index (χ0) is 8.97. The highest BCUT2D eigenvalue weighted by atomic mass is 16.5. The molecular formula is C8H16N3O+. The topological polar surface area (TPSA) is 50.3 Å². The molecule has 1 saturated heterocycles. The van der Waals surface area contributed by atoms with E-state index in [9.17, 15) is 0 Å². The highest BCUT2D eigenvalue weighted by Crippen LogP contribution is 2.03. The van der Waals surface area contributed by atoms with Crippen LogP contribution >= 0.6 is 0 Å². The van der Waals surface area contributed by atoms with E-state index in [0.29, 0.717) is 6.10 Å². The fourth-order valence-electron chi connectivity index (χ4n) is 1.07. The van der Waals surface area contributed by atoms with Crippen molar-refractivity contribution in [1.82, 2.24) is 5.32 Å². The van der Waals surface area contributed by atoms with E-state index < -0.39 is 0 Å². The number of hydrogen-bond acceptors (Lipinski definition) is 2. The van der Waals surface area contributed by atoms with Crippen LogP contribution in [0.15, 0.2) is 12.3 Å². The minimum absolute atomic E-state index is 0.353. The molecule has 4 nitrogen and oxygen atoms in total. The molecule has 0 saturated carbocycles. The Morgan fingerprint density at radius 1 is 1.67 bits per heavy atom. The summed E-state index contributed by atoms with van der Waals surface area (Å²) in [7, 11) is 3.57. The first kappa shape index (κ1) is 9.06. The number of amidine groups is 1. The van der Waals surface area contributed by atoms with E-state index in [1.54, 1.807) is 7.11 Å². The van der Waals surface area contributed by atoms with Gasteiger partial charge in [-0.05, 0) is 0 Å². The molecular weight excluding hydrogens is 154 g/mol. The first-order chi connectivity index (χ1) is 5.77. The average molecular weight is 170 g/mol. The molecule has 0 unspecified atom stereocenters. The van der Waals surface area contributed by atoms with Crippen molar-refractivity contribution in [1.29, 1.82) is 0 Å². The summed E-state index contributed by atoms with van der Waals surface area (Å²) >= 11 is 0. The van der Waals surface area contributed by atoms with Crippen molar-refractivity contribution in [2.24, 2.45) is 5.73 Å². The first-order valence-corrected chi connectivity index (χ1v) is 4.02. The first-order valence-electron chi connectivity index (χ1n) is 4.02. The molecule has 3 N–H and O–H groups in total. The molecule has 0 atom stereocenters. The second-order valence-corrected chi connectivity index (χ2v) is 2.81. The number of ether oxygens (including phenoxy) is 1. The molecule has 1 rings (SSSR count). The minimum Gasteiger partial charge on any atom is -0.394 e. The highest BCUT2D eigenvalue weighted by Gasteiger charge is 2.27. The van der Waals surface area contributed by atoms with E-state index in [1.165, 1.54) is 0 Å². The lowest BCUT2D eigenvalue weighted by Crippen LogP contribution is -2.49. The summed E-state index contributed by atoms with van der Waals surface area (Å²) in [6.07, 6.45) is 4.02. The van der Waals surface area contributed by atoms with Crippen LogP contribution < -0.4 is 11.1 Å². The molecule has 4 heteroatoms. The van der Waals surface area contributed by atoms with E-state index in [1.807, 2.05) is 19.3 Å². The second kappa shape index (κ2) is 4.11. The van der Waals surface area contributed by atoms with Crippen LogP contribution in [0, 0.1) is 0 Å². The van der Waals surface area contributed by atoms with Gasteiger partial charge in [-0.2, -0.15) is 0 Å². The summed E-state index contributed by atoms with van der Waals surface area (Å²) in [6.45, 7) is 1.80. The van der Waals surface area contributed by atoms with Crippen LogP contribution in [0.4, 0.5) is 0 Å². The lowest BCUT2D eigenvalue weighted by Gasteiger charge is -2.26. The Morgan fingerprint density at radius 2 is 2.33 bits per heavy atom. The smallest absolute Gasteiger partial charge is 0.269 e. The molecule has 0 aromatic rings. The van der Waals surface area contributed by atoms with Gasteiger partial charge >= 0.3 is 0 Å². The van der Waals surface area contributed by atoms with Crippen LogP contribution in [0.25, 0.3) is 0 Å². The van der Waals surface area contributed by atoms with Gasteiger partial charge < -0.3 is 10.1 Å². The monoisotopic (exact) mass is 170 g/mol. The van der Waals surface area contributed by atoms with Crippen LogP contribution in [0.5, 0.6) is 0 Å². The van der Waals surface area contributed by atoms with E-state index in [0.717, 1.165) is 18.9 Å². The van der Waals surface area contributed by atoms with Crippen LogP contribution in [-0.2, 0) is 4.74 Å². The van der Waals surface area contributed by atoms with Crippen molar-refractivity contribution in [3.8, 4) is 0 Å².